The standard InChI is InChI=1S/C21H28ClN7O2/c1-23-19(30)21(6-4-7-21)12-25-17-14(22)10-24-20(28-17)27-16-9-13-11-29(2)8-5-15(13)26-18(16)31-3/h9-10H,4-8,11-12H2,1-3H3,(H,23,30)(H2,24,25,27,28). The zero-order chi connectivity index (χ0) is 22.0. The minimum Gasteiger partial charge on any atom is -0.480 e. The first-order chi connectivity index (χ1) is 14.9. The summed E-state index contributed by atoms with van der Waals surface area (Å²) in [6.45, 7) is 2.28. The lowest BCUT2D eigenvalue weighted by Crippen LogP contribution is -2.48. The molecule has 31 heavy (non-hydrogen) atoms. The third-order valence-electron chi connectivity index (χ3n) is 6.12. The number of halogens is 1. The topological polar surface area (TPSA) is 104 Å². The van der Waals surface area contributed by atoms with Gasteiger partial charge >= 0.3 is 0 Å². The molecule has 3 heterocycles. The largest absolute Gasteiger partial charge is 0.480 e. The van der Waals surface area contributed by atoms with Crippen molar-refractivity contribution in [2.45, 2.75) is 32.2 Å². The van der Waals surface area contributed by atoms with Gasteiger partial charge in [-0.2, -0.15) is 4.98 Å². The molecule has 2 aromatic rings. The molecule has 4 rings (SSSR count). The lowest BCUT2D eigenvalue weighted by molar-refractivity contribution is -0.134. The van der Waals surface area contributed by atoms with E-state index < -0.39 is 5.41 Å². The van der Waals surface area contributed by atoms with Crippen LogP contribution >= 0.6 is 11.6 Å². The predicted molar refractivity (Wildman–Crippen MR) is 120 cm³/mol. The van der Waals surface area contributed by atoms with Crippen LogP contribution in [0, 0.1) is 5.41 Å². The molecule has 166 valence electrons. The SMILES string of the molecule is CNC(=O)C1(CNc2nc(Nc3cc4c(nc3OC)CCN(C)C4)ncc2Cl)CCC1. The van der Waals surface area contributed by atoms with Crippen LogP contribution in [0.5, 0.6) is 5.88 Å². The summed E-state index contributed by atoms with van der Waals surface area (Å²) in [7, 11) is 5.36. The Morgan fingerprint density at radius 1 is 1.35 bits per heavy atom. The summed E-state index contributed by atoms with van der Waals surface area (Å²) in [5.41, 5.74) is 2.50. The van der Waals surface area contributed by atoms with Gasteiger partial charge in [0.05, 0.1) is 24.4 Å². The fourth-order valence-electron chi connectivity index (χ4n) is 4.12. The van der Waals surface area contributed by atoms with Crippen molar-refractivity contribution in [1.82, 2.24) is 25.2 Å². The van der Waals surface area contributed by atoms with Crippen molar-refractivity contribution in [2.24, 2.45) is 5.41 Å². The van der Waals surface area contributed by atoms with Crippen LogP contribution in [0.4, 0.5) is 17.5 Å². The van der Waals surface area contributed by atoms with E-state index >= 15 is 0 Å². The van der Waals surface area contributed by atoms with Gasteiger partial charge in [-0.05, 0) is 31.5 Å². The van der Waals surface area contributed by atoms with Gasteiger partial charge in [-0.15, -0.1) is 0 Å². The first-order valence-corrected chi connectivity index (χ1v) is 10.8. The predicted octanol–water partition coefficient (Wildman–Crippen LogP) is 2.59. The van der Waals surface area contributed by atoms with Crippen molar-refractivity contribution >= 4 is 35.0 Å². The Bertz CT molecular complexity index is 980. The molecule has 3 N–H and O–H groups in total. The number of fused-ring (bicyclic) bond motifs is 1. The lowest BCUT2D eigenvalue weighted by atomic mass is 9.68. The molecule has 0 bridgehead atoms. The maximum Gasteiger partial charge on any atom is 0.237 e. The zero-order valence-electron chi connectivity index (χ0n) is 18.1. The number of methoxy groups -OCH3 is 1. The maximum absolute atomic E-state index is 12.3. The van der Waals surface area contributed by atoms with E-state index in [1.54, 1.807) is 20.4 Å². The molecular weight excluding hydrogens is 418 g/mol. The molecule has 1 amide bonds. The number of hydrogen-bond acceptors (Lipinski definition) is 8. The second-order valence-electron chi connectivity index (χ2n) is 8.22. The van der Waals surface area contributed by atoms with Gasteiger partial charge in [0.1, 0.15) is 10.7 Å². The molecule has 9 nitrogen and oxygen atoms in total. The van der Waals surface area contributed by atoms with E-state index in [1.807, 2.05) is 6.07 Å². The molecule has 2 aromatic heterocycles. The Morgan fingerprint density at radius 2 is 2.16 bits per heavy atom. The Labute approximate surface area is 187 Å². The summed E-state index contributed by atoms with van der Waals surface area (Å²) in [4.78, 5) is 28.0. The van der Waals surface area contributed by atoms with Crippen LogP contribution in [-0.4, -0.2) is 60.1 Å². The number of carbonyl (C=O) groups excluding carboxylic acids is 1. The average molecular weight is 446 g/mol. The minimum absolute atomic E-state index is 0.0459. The first kappa shape index (κ1) is 21.6. The summed E-state index contributed by atoms with van der Waals surface area (Å²) in [6.07, 6.45) is 5.17. The summed E-state index contributed by atoms with van der Waals surface area (Å²) in [6, 6.07) is 2.04. The molecule has 1 fully saturated rings. The average Bonchev–Trinajstić information content (AvgIpc) is 2.74. The van der Waals surface area contributed by atoms with E-state index in [0.29, 0.717) is 34.9 Å². The summed E-state index contributed by atoms with van der Waals surface area (Å²) in [5, 5.41) is 9.61. The fourth-order valence-corrected chi connectivity index (χ4v) is 4.27. The minimum atomic E-state index is -0.408. The third-order valence-corrected chi connectivity index (χ3v) is 6.40. The van der Waals surface area contributed by atoms with Crippen LogP contribution in [0.25, 0.3) is 0 Å². The first-order valence-electron chi connectivity index (χ1n) is 10.4. The van der Waals surface area contributed by atoms with Crippen molar-refractivity contribution in [3.8, 4) is 5.88 Å². The number of likely N-dealkylation sites (N-methyl/N-ethyl adjacent to an activating group) is 1. The van der Waals surface area contributed by atoms with Gasteiger partial charge in [0.25, 0.3) is 0 Å². The number of carbonyl (C=O) groups is 1. The van der Waals surface area contributed by atoms with Crippen molar-refractivity contribution in [2.75, 3.05) is 44.9 Å². The fraction of sp³-hybridized carbons (Fsp3) is 0.524. The second-order valence-corrected chi connectivity index (χ2v) is 8.63. The number of hydrogen-bond donors (Lipinski definition) is 3. The highest BCUT2D eigenvalue weighted by Crippen LogP contribution is 2.41. The van der Waals surface area contributed by atoms with Gasteiger partial charge in [0, 0.05) is 33.1 Å². The molecule has 2 aliphatic rings. The van der Waals surface area contributed by atoms with Crippen LogP contribution in [0.2, 0.25) is 5.02 Å². The van der Waals surface area contributed by atoms with Gasteiger partial charge in [-0.1, -0.05) is 18.0 Å². The van der Waals surface area contributed by atoms with Crippen molar-refractivity contribution in [3.05, 3.63) is 28.5 Å². The molecule has 0 aromatic carbocycles. The lowest BCUT2D eigenvalue weighted by Gasteiger charge is -2.40. The van der Waals surface area contributed by atoms with E-state index in [1.165, 1.54) is 0 Å². The van der Waals surface area contributed by atoms with Crippen LogP contribution in [0.15, 0.2) is 12.3 Å². The number of rotatable bonds is 7. The van der Waals surface area contributed by atoms with E-state index in [9.17, 15) is 4.79 Å². The quantitative estimate of drug-likeness (QED) is 0.597. The molecule has 0 atom stereocenters. The molecule has 0 radical (unpaired) electrons. The van der Waals surface area contributed by atoms with Crippen LogP contribution in [-0.2, 0) is 17.8 Å². The molecule has 10 heteroatoms. The Hall–Kier alpha value is -2.65. The highest BCUT2D eigenvalue weighted by atomic mass is 35.5. The van der Waals surface area contributed by atoms with Gasteiger partial charge < -0.3 is 25.6 Å². The molecular formula is C21H28ClN7O2. The number of nitrogens with zero attached hydrogens (tertiary/aromatic N) is 4. The number of nitrogens with one attached hydrogen (secondary N) is 3. The number of ether oxygens (including phenoxy) is 1. The van der Waals surface area contributed by atoms with Crippen molar-refractivity contribution in [3.63, 3.8) is 0 Å². The van der Waals surface area contributed by atoms with Crippen LogP contribution in [0.1, 0.15) is 30.5 Å². The molecule has 0 saturated heterocycles. The molecule has 1 saturated carbocycles. The second kappa shape index (κ2) is 8.84. The Balaban J connectivity index is 1.54. The smallest absolute Gasteiger partial charge is 0.237 e. The van der Waals surface area contributed by atoms with Gasteiger partial charge in [-0.3, -0.25) is 4.79 Å². The number of aromatic nitrogens is 3. The van der Waals surface area contributed by atoms with Crippen molar-refractivity contribution in [1.29, 1.82) is 0 Å². The van der Waals surface area contributed by atoms with Gasteiger partial charge in [0.2, 0.25) is 17.7 Å². The summed E-state index contributed by atoms with van der Waals surface area (Å²) < 4.78 is 5.49. The highest BCUT2D eigenvalue weighted by molar-refractivity contribution is 6.32. The Morgan fingerprint density at radius 3 is 2.84 bits per heavy atom. The van der Waals surface area contributed by atoms with Crippen LogP contribution < -0.4 is 20.7 Å². The third kappa shape index (κ3) is 4.38. The number of anilines is 3. The van der Waals surface area contributed by atoms with E-state index in [4.69, 9.17) is 16.3 Å². The Kier molecular flexibility index (Phi) is 6.15. The van der Waals surface area contributed by atoms with E-state index in [2.05, 4.69) is 42.8 Å². The molecule has 0 unspecified atom stereocenters. The number of amides is 1. The normalized spacial score (nSPS) is 17.3. The zero-order valence-corrected chi connectivity index (χ0v) is 18.8. The summed E-state index contributed by atoms with van der Waals surface area (Å²) in [5.74, 6) is 1.41. The van der Waals surface area contributed by atoms with Crippen LogP contribution in [0.3, 0.4) is 0 Å². The monoisotopic (exact) mass is 445 g/mol. The summed E-state index contributed by atoms with van der Waals surface area (Å²) >= 11 is 6.31. The highest BCUT2D eigenvalue weighted by Gasteiger charge is 2.43. The number of pyridine rings is 1. The van der Waals surface area contributed by atoms with E-state index in [-0.39, 0.29) is 5.91 Å². The maximum atomic E-state index is 12.3. The molecule has 1 aliphatic carbocycles. The van der Waals surface area contributed by atoms with Gasteiger partial charge in [-0.25, -0.2) is 9.97 Å². The van der Waals surface area contributed by atoms with Gasteiger partial charge in [0.15, 0.2) is 5.82 Å². The van der Waals surface area contributed by atoms with E-state index in [0.717, 1.165) is 50.0 Å². The molecule has 0 spiro atoms. The molecule has 1 aliphatic heterocycles. The van der Waals surface area contributed by atoms with Crippen molar-refractivity contribution < 1.29 is 9.53 Å².